The van der Waals surface area contributed by atoms with Gasteiger partial charge in [0.25, 0.3) is 0 Å². The van der Waals surface area contributed by atoms with Gasteiger partial charge in [0.15, 0.2) is 0 Å². The van der Waals surface area contributed by atoms with Crippen molar-refractivity contribution in [2.45, 2.75) is 26.4 Å². The zero-order chi connectivity index (χ0) is 9.52. The second-order valence-corrected chi connectivity index (χ2v) is 2.93. The van der Waals surface area contributed by atoms with E-state index < -0.39 is 0 Å². The number of rotatable bonds is 6. The smallest absolute Gasteiger partial charge is 0.0912 e. The van der Waals surface area contributed by atoms with E-state index in [1.165, 1.54) is 0 Å². The Balaban J connectivity index is 2.34. The SMILES string of the molecule is CCNCc1cnn(CCCF)c1. The summed E-state index contributed by atoms with van der Waals surface area (Å²) in [4.78, 5) is 0. The van der Waals surface area contributed by atoms with Gasteiger partial charge in [-0.15, -0.1) is 0 Å². The molecule has 0 spiro atoms. The van der Waals surface area contributed by atoms with Crippen molar-refractivity contribution in [1.29, 1.82) is 0 Å². The molecule has 0 radical (unpaired) electrons. The molecule has 0 saturated heterocycles. The Bertz CT molecular complexity index is 212. The van der Waals surface area contributed by atoms with Crippen LogP contribution in [0.25, 0.3) is 0 Å². The van der Waals surface area contributed by atoms with Gasteiger partial charge < -0.3 is 5.32 Å². The number of alkyl halides is 1. The fourth-order valence-electron chi connectivity index (χ4n) is 1.11. The van der Waals surface area contributed by atoms with Crippen molar-refractivity contribution in [1.82, 2.24) is 15.1 Å². The van der Waals surface area contributed by atoms with Gasteiger partial charge in [0.2, 0.25) is 0 Å². The molecule has 0 saturated carbocycles. The molecule has 0 aliphatic carbocycles. The molecule has 1 aromatic rings. The van der Waals surface area contributed by atoms with E-state index in [0.29, 0.717) is 13.0 Å². The third kappa shape index (κ3) is 3.55. The molecule has 4 heteroatoms. The summed E-state index contributed by atoms with van der Waals surface area (Å²) in [6.45, 7) is 4.25. The summed E-state index contributed by atoms with van der Waals surface area (Å²) >= 11 is 0. The first-order valence-electron chi connectivity index (χ1n) is 4.65. The molecule has 1 heterocycles. The molecule has 74 valence electrons. The van der Waals surface area contributed by atoms with Crippen molar-refractivity contribution in [2.75, 3.05) is 13.2 Å². The maximum Gasteiger partial charge on any atom is 0.0912 e. The second kappa shape index (κ2) is 5.70. The summed E-state index contributed by atoms with van der Waals surface area (Å²) in [5.74, 6) is 0. The minimum atomic E-state index is -0.275. The van der Waals surface area contributed by atoms with E-state index in [9.17, 15) is 4.39 Å². The van der Waals surface area contributed by atoms with Crippen LogP contribution in [0.5, 0.6) is 0 Å². The van der Waals surface area contributed by atoms with Crippen LogP contribution in [-0.2, 0) is 13.1 Å². The van der Waals surface area contributed by atoms with Crippen molar-refractivity contribution in [3.05, 3.63) is 18.0 Å². The maximum absolute atomic E-state index is 11.8. The van der Waals surface area contributed by atoms with Gasteiger partial charge >= 0.3 is 0 Å². The van der Waals surface area contributed by atoms with Crippen molar-refractivity contribution in [3.8, 4) is 0 Å². The van der Waals surface area contributed by atoms with Crippen LogP contribution >= 0.6 is 0 Å². The van der Waals surface area contributed by atoms with Crippen LogP contribution in [0.4, 0.5) is 4.39 Å². The van der Waals surface area contributed by atoms with Gasteiger partial charge in [-0.3, -0.25) is 9.07 Å². The highest BCUT2D eigenvalue weighted by molar-refractivity contribution is 5.02. The molecule has 0 atom stereocenters. The van der Waals surface area contributed by atoms with Crippen LogP contribution in [0.2, 0.25) is 0 Å². The molecule has 1 N–H and O–H groups in total. The Labute approximate surface area is 77.9 Å². The van der Waals surface area contributed by atoms with Gasteiger partial charge in [-0.1, -0.05) is 6.92 Å². The Morgan fingerprint density at radius 1 is 1.62 bits per heavy atom. The number of halogens is 1. The summed E-state index contributed by atoms with van der Waals surface area (Å²) in [5, 5.41) is 7.32. The highest BCUT2D eigenvalue weighted by Gasteiger charge is 1.96. The van der Waals surface area contributed by atoms with Crippen LogP contribution in [-0.4, -0.2) is 23.0 Å². The van der Waals surface area contributed by atoms with Crippen LogP contribution in [0.3, 0.4) is 0 Å². The Hall–Kier alpha value is -0.900. The third-order valence-electron chi connectivity index (χ3n) is 1.79. The second-order valence-electron chi connectivity index (χ2n) is 2.93. The summed E-state index contributed by atoms with van der Waals surface area (Å²) in [6.07, 6.45) is 4.32. The molecule has 1 aromatic heterocycles. The zero-order valence-electron chi connectivity index (χ0n) is 7.96. The van der Waals surface area contributed by atoms with E-state index in [1.54, 1.807) is 4.68 Å². The van der Waals surface area contributed by atoms with E-state index in [-0.39, 0.29) is 6.67 Å². The Morgan fingerprint density at radius 3 is 3.15 bits per heavy atom. The van der Waals surface area contributed by atoms with Crippen molar-refractivity contribution < 1.29 is 4.39 Å². The molecule has 0 aromatic carbocycles. The normalized spacial score (nSPS) is 10.6. The van der Waals surface area contributed by atoms with Crippen molar-refractivity contribution in [2.24, 2.45) is 0 Å². The zero-order valence-corrected chi connectivity index (χ0v) is 7.96. The quantitative estimate of drug-likeness (QED) is 0.725. The lowest BCUT2D eigenvalue weighted by Crippen LogP contribution is -2.11. The van der Waals surface area contributed by atoms with Gasteiger partial charge in [-0.2, -0.15) is 5.10 Å². The lowest BCUT2D eigenvalue weighted by molar-refractivity contribution is 0.434. The van der Waals surface area contributed by atoms with Gasteiger partial charge in [0.1, 0.15) is 0 Å². The number of hydrogen-bond donors (Lipinski definition) is 1. The highest BCUT2D eigenvalue weighted by atomic mass is 19.1. The molecule has 0 aliphatic heterocycles. The minimum Gasteiger partial charge on any atom is -0.313 e. The first-order chi connectivity index (χ1) is 6.36. The molecule has 13 heavy (non-hydrogen) atoms. The third-order valence-corrected chi connectivity index (χ3v) is 1.79. The molecule has 0 unspecified atom stereocenters. The highest BCUT2D eigenvalue weighted by Crippen LogP contribution is 1.98. The number of nitrogens with zero attached hydrogens (tertiary/aromatic N) is 2. The van der Waals surface area contributed by atoms with Gasteiger partial charge in [-0.25, -0.2) is 0 Å². The van der Waals surface area contributed by atoms with Crippen LogP contribution in [0, 0.1) is 0 Å². The van der Waals surface area contributed by atoms with Crippen LogP contribution in [0.15, 0.2) is 12.4 Å². The topological polar surface area (TPSA) is 29.9 Å². The number of nitrogens with one attached hydrogen (secondary N) is 1. The Kier molecular flexibility index (Phi) is 4.46. The molecular weight excluding hydrogens is 169 g/mol. The van der Waals surface area contributed by atoms with Gasteiger partial charge in [0, 0.05) is 24.8 Å². The standard InChI is InChI=1S/C9H16FN3/c1-2-11-6-9-7-12-13(8-9)5-3-4-10/h7-8,11H,2-6H2,1H3. The van der Waals surface area contributed by atoms with Crippen LogP contribution < -0.4 is 5.32 Å². The van der Waals surface area contributed by atoms with Crippen LogP contribution in [0.1, 0.15) is 18.9 Å². The van der Waals surface area contributed by atoms with E-state index in [4.69, 9.17) is 0 Å². The first-order valence-corrected chi connectivity index (χ1v) is 4.65. The summed E-state index contributed by atoms with van der Waals surface area (Å²) in [6, 6.07) is 0. The average Bonchev–Trinajstić information content (AvgIpc) is 2.59. The molecule has 0 bridgehead atoms. The molecule has 3 nitrogen and oxygen atoms in total. The monoisotopic (exact) mass is 185 g/mol. The fraction of sp³-hybridized carbons (Fsp3) is 0.667. The van der Waals surface area contributed by atoms with E-state index in [0.717, 1.165) is 18.7 Å². The molecule has 1 rings (SSSR count). The molecule has 0 fully saturated rings. The number of aryl methyl sites for hydroxylation is 1. The number of hydrogen-bond acceptors (Lipinski definition) is 2. The minimum absolute atomic E-state index is 0.275. The lowest BCUT2D eigenvalue weighted by atomic mass is 10.3. The summed E-state index contributed by atoms with van der Waals surface area (Å²) < 4.78 is 13.6. The van der Waals surface area contributed by atoms with E-state index >= 15 is 0 Å². The predicted molar refractivity (Wildman–Crippen MR) is 50.2 cm³/mol. The number of aromatic nitrogens is 2. The van der Waals surface area contributed by atoms with Gasteiger partial charge in [-0.05, 0) is 13.0 Å². The average molecular weight is 185 g/mol. The maximum atomic E-state index is 11.8. The molecule has 0 amide bonds. The summed E-state index contributed by atoms with van der Waals surface area (Å²) in [5.41, 5.74) is 1.15. The predicted octanol–water partition coefficient (Wildman–Crippen LogP) is 1.35. The molecule has 0 aliphatic rings. The van der Waals surface area contributed by atoms with E-state index in [2.05, 4.69) is 17.3 Å². The summed E-state index contributed by atoms with van der Waals surface area (Å²) in [7, 11) is 0. The van der Waals surface area contributed by atoms with Gasteiger partial charge in [0.05, 0.1) is 12.9 Å². The Morgan fingerprint density at radius 2 is 2.46 bits per heavy atom. The van der Waals surface area contributed by atoms with Crippen molar-refractivity contribution in [3.63, 3.8) is 0 Å². The fourth-order valence-corrected chi connectivity index (χ4v) is 1.11. The van der Waals surface area contributed by atoms with E-state index in [1.807, 2.05) is 12.4 Å². The largest absolute Gasteiger partial charge is 0.313 e. The lowest BCUT2D eigenvalue weighted by Gasteiger charge is -1.97. The molecular formula is C9H16FN3. The first kappa shape index (κ1) is 10.2. The van der Waals surface area contributed by atoms with Crippen molar-refractivity contribution >= 4 is 0 Å².